The normalized spacial score (nSPS) is 10.4. The number of carboxylic acid groups (broad SMARTS) is 1. The van der Waals surface area contributed by atoms with Crippen molar-refractivity contribution in [1.82, 2.24) is 9.13 Å². The molecule has 72 valence electrons. The second-order valence-corrected chi connectivity index (χ2v) is 3.07. The third kappa shape index (κ3) is 1.60. The molecule has 0 saturated carbocycles. The fourth-order valence-electron chi connectivity index (χ4n) is 1.09. The van der Waals surface area contributed by atoms with Crippen molar-refractivity contribution in [3.8, 4) is 0 Å². The van der Waals surface area contributed by atoms with Gasteiger partial charge in [-0.1, -0.05) is 11.6 Å². The summed E-state index contributed by atoms with van der Waals surface area (Å²) in [5.41, 5.74) is 0.00270. The van der Waals surface area contributed by atoms with Crippen molar-refractivity contribution in [1.29, 1.82) is 0 Å². The Morgan fingerprint density at radius 3 is 2.31 bits per heavy atom. The molecular formula is C7H9ClN2O3. The zero-order chi connectivity index (χ0) is 10.2. The number of aliphatic carboxylic acids is 1. The van der Waals surface area contributed by atoms with E-state index in [1.54, 1.807) is 0 Å². The van der Waals surface area contributed by atoms with Gasteiger partial charge in [-0.25, -0.2) is 4.79 Å². The van der Waals surface area contributed by atoms with Crippen LogP contribution in [-0.4, -0.2) is 20.2 Å². The smallest absolute Gasteiger partial charge is 0.329 e. The molecule has 13 heavy (non-hydrogen) atoms. The van der Waals surface area contributed by atoms with E-state index in [1.807, 2.05) is 0 Å². The SMILES string of the molecule is Cn1c(Cl)c(CC(=O)O)n(C)c1=O. The monoisotopic (exact) mass is 204 g/mol. The maximum atomic E-state index is 11.2. The van der Waals surface area contributed by atoms with Crippen LogP contribution in [0.3, 0.4) is 0 Å². The Labute approximate surface area is 79.2 Å². The number of carbonyl (C=O) groups is 1. The van der Waals surface area contributed by atoms with Gasteiger partial charge in [0.25, 0.3) is 0 Å². The van der Waals surface area contributed by atoms with Crippen molar-refractivity contribution in [2.24, 2.45) is 14.1 Å². The minimum atomic E-state index is -1.01. The molecule has 1 heterocycles. The zero-order valence-electron chi connectivity index (χ0n) is 7.24. The number of hydrogen-bond donors (Lipinski definition) is 1. The summed E-state index contributed by atoms with van der Waals surface area (Å²) in [6, 6.07) is 0. The number of hydrogen-bond acceptors (Lipinski definition) is 2. The highest BCUT2D eigenvalue weighted by Crippen LogP contribution is 2.12. The second-order valence-electron chi connectivity index (χ2n) is 2.71. The number of aromatic nitrogens is 2. The van der Waals surface area contributed by atoms with E-state index in [4.69, 9.17) is 16.7 Å². The minimum absolute atomic E-state index is 0.176. The average molecular weight is 205 g/mol. The van der Waals surface area contributed by atoms with Crippen LogP contribution in [0.15, 0.2) is 4.79 Å². The van der Waals surface area contributed by atoms with Gasteiger partial charge in [-0.2, -0.15) is 0 Å². The number of imidazole rings is 1. The van der Waals surface area contributed by atoms with Crippen LogP contribution >= 0.6 is 11.6 Å². The molecule has 1 N–H and O–H groups in total. The molecule has 0 spiro atoms. The van der Waals surface area contributed by atoms with Gasteiger partial charge in [-0.3, -0.25) is 13.9 Å². The van der Waals surface area contributed by atoms with Gasteiger partial charge in [0.15, 0.2) is 0 Å². The first-order valence-corrected chi connectivity index (χ1v) is 3.94. The first-order valence-electron chi connectivity index (χ1n) is 3.57. The van der Waals surface area contributed by atoms with Crippen LogP contribution in [0.25, 0.3) is 0 Å². The van der Waals surface area contributed by atoms with Gasteiger partial charge in [-0.05, 0) is 0 Å². The van der Waals surface area contributed by atoms with Crippen LogP contribution in [0, 0.1) is 0 Å². The third-order valence-corrected chi connectivity index (χ3v) is 2.30. The first-order chi connectivity index (χ1) is 5.95. The lowest BCUT2D eigenvalue weighted by molar-refractivity contribution is -0.136. The van der Waals surface area contributed by atoms with Gasteiger partial charge in [-0.15, -0.1) is 0 Å². The molecular weight excluding hydrogens is 196 g/mol. The van der Waals surface area contributed by atoms with Crippen LogP contribution in [0.5, 0.6) is 0 Å². The molecule has 0 aromatic carbocycles. The highest BCUT2D eigenvalue weighted by atomic mass is 35.5. The van der Waals surface area contributed by atoms with E-state index in [2.05, 4.69) is 0 Å². The predicted octanol–water partition coefficient (Wildman–Crippen LogP) is 0.00430. The summed E-state index contributed by atoms with van der Waals surface area (Å²) in [5, 5.41) is 8.71. The standard InChI is InChI=1S/C7H9ClN2O3/c1-9-4(3-5(11)12)6(8)10(2)7(9)13/h3H2,1-2H3,(H,11,12). The second kappa shape index (κ2) is 3.26. The summed E-state index contributed by atoms with van der Waals surface area (Å²) in [6.45, 7) is 0. The van der Waals surface area contributed by atoms with Crippen molar-refractivity contribution >= 4 is 17.6 Å². The molecule has 0 aliphatic rings. The van der Waals surface area contributed by atoms with Crippen molar-refractivity contribution in [3.05, 3.63) is 21.3 Å². The minimum Gasteiger partial charge on any atom is -0.481 e. The van der Waals surface area contributed by atoms with E-state index in [1.165, 1.54) is 23.2 Å². The average Bonchev–Trinajstić information content (AvgIpc) is 2.22. The van der Waals surface area contributed by atoms with Gasteiger partial charge >= 0.3 is 11.7 Å². The third-order valence-electron chi connectivity index (χ3n) is 1.83. The Hall–Kier alpha value is -1.23. The maximum Gasteiger partial charge on any atom is 0.329 e. The molecule has 6 heteroatoms. The number of halogens is 1. The molecule has 1 aromatic rings. The summed E-state index contributed by atoms with van der Waals surface area (Å²) < 4.78 is 2.44. The zero-order valence-corrected chi connectivity index (χ0v) is 8.00. The van der Waals surface area contributed by atoms with Gasteiger partial charge in [0, 0.05) is 14.1 Å². The summed E-state index contributed by atoms with van der Waals surface area (Å²) in [5.74, 6) is -1.01. The molecule has 1 rings (SSSR count). The fraction of sp³-hybridized carbons (Fsp3) is 0.429. The molecule has 0 atom stereocenters. The van der Waals surface area contributed by atoms with Crippen molar-refractivity contribution in [2.45, 2.75) is 6.42 Å². The topological polar surface area (TPSA) is 64.2 Å². The molecule has 0 saturated heterocycles. The highest BCUT2D eigenvalue weighted by molar-refractivity contribution is 6.30. The van der Waals surface area contributed by atoms with Crippen molar-refractivity contribution in [3.63, 3.8) is 0 Å². The van der Waals surface area contributed by atoms with Crippen LogP contribution in [-0.2, 0) is 25.3 Å². The molecule has 0 aliphatic heterocycles. The van der Waals surface area contributed by atoms with E-state index < -0.39 is 5.97 Å². The maximum absolute atomic E-state index is 11.2. The van der Waals surface area contributed by atoms with E-state index in [9.17, 15) is 9.59 Å². The predicted molar refractivity (Wildman–Crippen MR) is 47.0 cm³/mol. The number of rotatable bonds is 2. The summed E-state index contributed by atoms with van der Waals surface area (Å²) >= 11 is 5.74. The van der Waals surface area contributed by atoms with E-state index in [0.29, 0.717) is 5.69 Å². The molecule has 0 aliphatic carbocycles. The van der Waals surface area contributed by atoms with Crippen LogP contribution in [0.4, 0.5) is 0 Å². The Bertz CT molecular complexity index is 405. The molecule has 0 unspecified atom stereocenters. The molecule has 0 radical (unpaired) electrons. The Morgan fingerprint density at radius 2 is 2.00 bits per heavy atom. The lowest BCUT2D eigenvalue weighted by Gasteiger charge is -1.96. The summed E-state index contributed by atoms with van der Waals surface area (Å²) in [7, 11) is 2.99. The Morgan fingerprint density at radius 1 is 1.46 bits per heavy atom. The molecule has 0 fully saturated rings. The fourth-order valence-corrected chi connectivity index (χ4v) is 1.36. The quantitative estimate of drug-likeness (QED) is 0.738. The molecule has 1 aromatic heterocycles. The van der Waals surface area contributed by atoms with Crippen molar-refractivity contribution in [2.75, 3.05) is 0 Å². The van der Waals surface area contributed by atoms with Crippen LogP contribution in [0.1, 0.15) is 5.69 Å². The lowest BCUT2D eigenvalue weighted by atomic mass is 10.3. The van der Waals surface area contributed by atoms with Crippen molar-refractivity contribution < 1.29 is 9.90 Å². The highest BCUT2D eigenvalue weighted by Gasteiger charge is 2.15. The number of nitrogens with zero attached hydrogens (tertiary/aromatic N) is 2. The first kappa shape index (κ1) is 9.85. The van der Waals surface area contributed by atoms with Crippen LogP contribution in [0.2, 0.25) is 5.15 Å². The number of carboxylic acids is 1. The van der Waals surface area contributed by atoms with Crippen LogP contribution < -0.4 is 5.69 Å². The van der Waals surface area contributed by atoms with Gasteiger partial charge in [0.2, 0.25) is 0 Å². The summed E-state index contributed by atoms with van der Waals surface area (Å²) in [4.78, 5) is 21.7. The molecule has 0 amide bonds. The summed E-state index contributed by atoms with van der Waals surface area (Å²) in [6.07, 6.45) is -0.245. The van der Waals surface area contributed by atoms with Gasteiger partial charge in [0.05, 0.1) is 12.1 Å². The Balaban J connectivity index is 3.29. The Kier molecular flexibility index (Phi) is 2.47. The largest absolute Gasteiger partial charge is 0.481 e. The molecule has 0 bridgehead atoms. The van der Waals surface area contributed by atoms with Gasteiger partial charge < -0.3 is 5.11 Å². The lowest BCUT2D eigenvalue weighted by Crippen LogP contribution is -2.20. The molecule has 5 nitrogen and oxygen atoms in total. The van der Waals surface area contributed by atoms with E-state index in [0.717, 1.165) is 0 Å². The van der Waals surface area contributed by atoms with Gasteiger partial charge in [0.1, 0.15) is 5.15 Å². The van der Waals surface area contributed by atoms with E-state index >= 15 is 0 Å². The van der Waals surface area contributed by atoms with E-state index in [-0.39, 0.29) is 17.3 Å².